The highest BCUT2D eigenvalue weighted by molar-refractivity contribution is 7.25. The van der Waals surface area contributed by atoms with Gasteiger partial charge < -0.3 is 4.57 Å². The van der Waals surface area contributed by atoms with Crippen molar-refractivity contribution in [2.45, 2.75) is 0 Å². The number of hydrogen-bond donors (Lipinski definition) is 0. The van der Waals surface area contributed by atoms with E-state index >= 15 is 0 Å². The van der Waals surface area contributed by atoms with E-state index in [-0.39, 0.29) is 0 Å². The normalized spacial score (nSPS) is 11.7. The molecular formula is C49H30N4S. The Balaban J connectivity index is 1.07. The second-order valence-corrected chi connectivity index (χ2v) is 14.7. The molecule has 5 heteroatoms. The predicted molar refractivity (Wildman–Crippen MR) is 226 cm³/mol. The van der Waals surface area contributed by atoms with Crippen molar-refractivity contribution in [3.05, 3.63) is 182 Å². The molecule has 4 nitrogen and oxygen atoms in total. The lowest BCUT2D eigenvalue weighted by atomic mass is 10.0. The second-order valence-electron chi connectivity index (χ2n) is 13.6. The molecule has 0 spiro atoms. The van der Waals surface area contributed by atoms with Gasteiger partial charge in [-0.3, -0.25) is 0 Å². The zero-order valence-corrected chi connectivity index (χ0v) is 29.8. The fraction of sp³-hybridized carbons (Fsp3) is 0. The highest BCUT2D eigenvalue weighted by atomic mass is 32.1. The first-order valence-corrected chi connectivity index (χ1v) is 18.9. The summed E-state index contributed by atoms with van der Waals surface area (Å²) < 4.78 is 4.83. The SMILES string of the molecule is c1ccc(-c2ccc(-c3nc(-c4ccc(-n5c6ccccc6c6cc7ccccc7cc65)cc4)nc(-c4cccc5sc6ccccc6c45)n3)cc2)cc1. The quantitative estimate of drug-likeness (QED) is 0.179. The predicted octanol–water partition coefficient (Wildman–Crippen LogP) is 13.2. The lowest BCUT2D eigenvalue weighted by molar-refractivity contribution is 1.07. The van der Waals surface area contributed by atoms with Crippen LogP contribution in [-0.2, 0) is 0 Å². The van der Waals surface area contributed by atoms with Crippen LogP contribution in [-0.4, -0.2) is 19.5 Å². The second kappa shape index (κ2) is 12.3. The van der Waals surface area contributed by atoms with Gasteiger partial charge in [-0.25, -0.2) is 15.0 Å². The molecule has 0 unspecified atom stereocenters. The van der Waals surface area contributed by atoms with Crippen LogP contribution in [0.2, 0.25) is 0 Å². The van der Waals surface area contributed by atoms with E-state index in [0.29, 0.717) is 17.5 Å². The van der Waals surface area contributed by atoms with Gasteiger partial charge in [-0.1, -0.05) is 127 Å². The summed E-state index contributed by atoms with van der Waals surface area (Å²) in [6.07, 6.45) is 0. The van der Waals surface area contributed by atoms with Gasteiger partial charge in [-0.05, 0) is 76.5 Å². The monoisotopic (exact) mass is 706 g/mol. The average molecular weight is 707 g/mol. The number of hydrogen-bond acceptors (Lipinski definition) is 4. The summed E-state index contributed by atoms with van der Waals surface area (Å²) in [5.41, 5.74) is 8.64. The van der Waals surface area contributed by atoms with Crippen LogP contribution in [0.1, 0.15) is 0 Å². The summed E-state index contributed by atoms with van der Waals surface area (Å²) >= 11 is 1.80. The molecule has 0 radical (unpaired) electrons. The van der Waals surface area contributed by atoms with Gasteiger partial charge in [-0.2, -0.15) is 0 Å². The number of fused-ring (bicyclic) bond motifs is 7. The molecule has 0 aliphatic heterocycles. The van der Waals surface area contributed by atoms with E-state index in [4.69, 9.17) is 15.0 Å². The third kappa shape index (κ3) is 5.01. The summed E-state index contributed by atoms with van der Waals surface area (Å²) in [5, 5.41) is 7.34. The Kier molecular flexibility index (Phi) is 7.00. The fourth-order valence-corrected chi connectivity index (χ4v) is 8.98. The molecule has 0 aliphatic carbocycles. The lowest BCUT2D eigenvalue weighted by Crippen LogP contribution is -2.01. The van der Waals surface area contributed by atoms with Gasteiger partial charge in [0.2, 0.25) is 0 Å². The summed E-state index contributed by atoms with van der Waals surface area (Å²) in [4.78, 5) is 15.5. The third-order valence-electron chi connectivity index (χ3n) is 10.5. The Morgan fingerprint density at radius 1 is 0.370 bits per heavy atom. The Morgan fingerprint density at radius 3 is 1.72 bits per heavy atom. The van der Waals surface area contributed by atoms with E-state index in [2.05, 4.69) is 180 Å². The van der Waals surface area contributed by atoms with E-state index < -0.39 is 0 Å². The van der Waals surface area contributed by atoms with Crippen LogP contribution >= 0.6 is 11.3 Å². The number of nitrogens with zero attached hydrogens (tertiary/aromatic N) is 4. The zero-order chi connectivity index (χ0) is 35.6. The Bertz CT molecular complexity index is 3200. The van der Waals surface area contributed by atoms with Crippen molar-refractivity contribution in [3.8, 4) is 51.0 Å². The summed E-state index contributed by atoms with van der Waals surface area (Å²) in [7, 11) is 0. The lowest BCUT2D eigenvalue weighted by Gasteiger charge is -2.12. The maximum Gasteiger partial charge on any atom is 0.164 e. The molecule has 8 aromatic carbocycles. The molecule has 252 valence electrons. The summed E-state index contributed by atoms with van der Waals surface area (Å²) in [6, 6.07) is 64.4. The summed E-state index contributed by atoms with van der Waals surface area (Å²) in [6.45, 7) is 0. The first-order chi connectivity index (χ1) is 26.7. The Labute approximate surface area is 315 Å². The maximum absolute atomic E-state index is 5.20. The van der Waals surface area contributed by atoms with Crippen molar-refractivity contribution >= 4 is 64.1 Å². The Morgan fingerprint density at radius 2 is 0.944 bits per heavy atom. The van der Waals surface area contributed by atoms with E-state index in [1.165, 1.54) is 58.3 Å². The molecule has 11 aromatic rings. The molecule has 0 bridgehead atoms. The molecule has 0 saturated heterocycles. The van der Waals surface area contributed by atoms with Crippen molar-refractivity contribution in [1.82, 2.24) is 19.5 Å². The average Bonchev–Trinajstić information content (AvgIpc) is 3.78. The number of rotatable bonds is 5. The van der Waals surface area contributed by atoms with Gasteiger partial charge >= 0.3 is 0 Å². The van der Waals surface area contributed by atoms with Crippen LogP contribution in [0.3, 0.4) is 0 Å². The molecule has 11 rings (SSSR count). The highest BCUT2D eigenvalue weighted by Gasteiger charge is 2.18. The van der Waals surface area contributed by atoms with Crippen molar-refractivity contribution < 1.29 is 0 Å². The standard InChI is InChI=1S/C49H30N4S/c1-2-11-31(12-3-1)32-21-23-33(24-22-32)47-50-48(52-49(51-47)40-17-10-20-45-46(40)39-16-7-9-19-44(39)54-45)34-25-27-37(28-26-34)53-42-18-8-6-15-38(42)41-29-35-13-4-5-14-36(35)30-43(41)53/h1-30H. The molecular weight excluding hydrogens is 677 g/mol. The molecule has 0 atom stereocenters. The van der Waals surface area contributed by atoms with E-state index in [9.17, 15) is 0 Å². The van der Waals surface area contributed by atoms with Crippen LogP contribution in [0.15, 0.2) is 182 Å². The number of thiophene rings is 1. The van der Waals surface area contributed by atoms with Crippen molar-refractivity contribution in [2.75, 3.05) is 0 Å². The molecule has 0 N–H and O–H groups in total. The van der Waals surface area contributed by atoms with E-state index in [1.807, 2.05) is 6.07 Å². The van der Waals surface area contributed by atoms with Gasteiger partial charge in [0.1, 0.15) is 0 Å². The Hall–Kier alpha value is -6.95. The summed E-state index contributed by atoms with van der Waals surface area (Å²) in [5.74, 6) is 1.94. The van der Waals surface area contributed by atoms with Crippen molar-refractivity contribution in [3.63, 3.8) is 0 Å². The molecule has 0 aliphatic rings. The first kappa shape index (κ1) is 30.7. The molecule has 0 saturated carbocycles. The minimum Gasteiger partial charge on any atom is -0.309 e. The minimum absolute atomic E-state index is 0.637. The smallest absolute Gasteiger partial charge is 0.164 e. The third-order valence-corrected chi connectivity index (χ3v) is 11.6. The van der Waals surface area contributed by atoms with Crippen molar-refractivity contribution in [1.29, 1.82) is 0 Å². The first-order valence-electron chi connectivity index (χ1n) is 18.1. The van der Waals surface area contributed by atoms with Crippen LogP contribution in [0.25, 0.3) is 104 Å². The van der Waals surface area contributed by atoms with Gasteiger partial charge in [0, 0.05) is 53.3 Å². The van der Waals surface area contributed by atoms with Gasteiger partial charge in [0.15, 0.2) is 17.5 Å². The number of para-hydroxylation sites is 1. The topological polar surface area (TPSA) is 43.6 Å². The molecule has 3 aromatic heterocycles. The zero-order valence-electron chi connectivity index (χ0n) is 29.0. The fourth-order valence-electron chi connectivity index (χ4n) is 7.85. The minimum atomic E-state index is 0.637. The number of aromatic nitrogens is 4. The molecule has 3 heterocycles. The molecule has 0 amide bonds. The van der Waals surface area contributed by atoms with Crippen molar-refractivity contribution in [2.24, 2.45) is 0 Å². The van der Waals surface area contributed by atoms with Crippen LogP contribution in [0.5, 0.6) is 0 Å². The highest BCUT2D eigenvalue weighted by Crippen LogP contribution is 2.40. The largest absolute Gasteiger partial charge is 0.309 e. The molecule has 0 fully saturated rings. The number of benzene rings is 8. The molecule has 54 heavy (non-hydrogen) atoms. The van der Waals surface area contributed by atoms with Gasteiger partial charge in [0.05, 0.1) is 11.0 Å². The van der Waals surface area contributed by atoms with Gasteiger partial charge in [-0.15, -0.1) is 11.3 Å². The van der Waals surface area contributed by atoms with Gasteiger partial charge in [0.25, 0.3) is 0 Å². The maximum atomic E-state index is 5.20. The van der Waals surface area contributed by atoms with E-state index in [1.54, 1.807) is 11.3 Å². The van der Waals surface area contributed by atoms with Crippen LogP contribution in [0, 0.1) is 0 Å². The van der Waals surface area contributed by atoms with Crippen LogP contribution < -0.4 is 0 Å². The van der Waals surface area contributed by atoms with Crippen LogP contribution in [0.4, 0.5) is 0 Å². The van der Waals surface area contributed by atoms with E-state index in [0.717, 1.165) is 27.9 Å².